The van der Waals surface area contributed by atoms with Crippen molar-refractivity contribution < 1.29 is 38.1 Å². The Labute approximate surface area is 207 Å². The minimum Gasteiger partial charge on any atom is -0.468 e. The average Bonchev–Trinajstić information content (AvgIpc) is 2.75. The number of hydrogen-bond acceptors (Lipinski definition) is 9. The number of benzene rings is 1. The van der Waals surface area contributed by atoms with Crippen LogP contribution in [0.2, 0.25) is 0 Å². The Kier molecular flexibility index (Phi) is 10.9. The van der Waals surface area contributed by atoms with Gasteiger partial charge in [0.25, 0.3) is 0 Å². The van der Waals surface area contributed by atoms with Crippen molar-refractivity contribution in [3.8, 4) is 11.5 Å². The second-order valence-electron chi connectivity index (χ2n) is 10.6. The number of nitrogens with one attached hydrogen (secondary N) is 1. The van der Waals surface area contributed by atoms with Crippen LogP contribution in [0.3, 0.4) is 0 Å². The summed E-state index contributed by atoms with van der Waals surface area (Å²) in [5.74, 6) is -1.88. The van der Waals surface area contributed by atoms with Crippen molar-refractivity contribution in [2.75, 3.05) is 20.3 Å². The lowest BCUT2D eigenvalue weighted by molar-refractivity contribution is -0.147. The van der Waals surface area contributed by atoms with E-state index in [0.717, 1.165) is 0 Å². The molecule has 0 fully saturated rings. The van der Waals surface area contributed by atoms with Crippen molar-refractivity contribution >= 4 is 23.9 Å². The standard InChI is InChI=1S/C26H39NO8/c1-16(2)21(28)33-13-12-27-18(22(29)32-9)14-17-10-11-19(34-23(30)25(3,4)5)20(15-17)35-24(31)26(6,7)8/h10-11,15-16,18,27H,12-14H2,1-9H3/t18-/m0/s1. The van der Waals surface area contributed by atoms with Gasteiger partial charge in [-0.3, -0.25) is 19.2 Å². The predicted molar refractivity (Wildman–Crippen MR) is 130 cm³/mol. The van der Waals surface area contributed by atoms with Gasteiger partial charge >= 0.3 is 23.9 Å². The first-order chi connectivity index (χ1) is 16.1. The molecule has 196 valence electrons. The summed E-state index contributed by atoms with van der Waals surface area (Å²) in [6, 6.07) is 4.02. The third-order valence-electron chi connectivity index (χ3n) is 4.77. The van der Waals surface area contributed by atoms with Crippen LogP contribution in [0.1, 0.15) is 61.0 Å². The van der Waals surface area contributed by atoms with Crippen molar-refractivity contribution in [3.05, 3.63) is 23.8 Å². The number of ether oxygens (including phenoxy) is 4. The molecule has 35 heavy (non-hydrogen) atoms. The number of carbonyl (C=O) groups is 4. The lowest BCUT2D eigenvalue weighted by Crippen LogP contribution is -2.41. The van der Waals surface area contributed by atoms with E-state index in [2.05, 4.69) is 5.32 Å². The van der Waals surface area contributed by atoms with E-state index < -0.39 is 34.8 Å². The van der Waals surface area contributed by atoms with Crippen molar-refractivity contribution in [2.24, 2.45) is 16.7 Å². The zero-order valence-electron chi connectivity index (χ0n) is 22.3. The summed E-state index contributed by atoms with van der Waals surface area (Å²) in [6.07, 6.45) is 0.193. The Morgan fingerprint density at radius 2 is 1.40 bits per heavy atom. The molecule has 0 aliphatic rings. The molecular formula is C26H39NO8. The molecule has 0 aromatic heterocycles. The molecule has 1 aromatic carbocycles. The summed E-state index contributed by atoms with van der Waals surface area (Å²) < 4.78 is 21.1. The Hall–Kier alpha value is -2.94. The molecule has 0 spiro atoms. The first kappa shape index (κ1) is 30.1. The number of methoxy groups -OCH3 is 1. The fourth-order valence-corrected chi connectivity index (χ4v) is 2.52. The van der Waals surface area contributed by atoms with Crippen LogP contribution in [0.15, 0.2) is 18.2 Å². The maximum atomic E-state index is 12.5. The monoisotopic (exact) mass is 493 g/mol. The molecule has 0 aliphatic heterocycles. The number of carbonyl (C=O) groups excluding carboxylic acids is 4. The van der Waals surface area contributed by atoms with Gasteiger partial charge in [0.15, 0.2) is 11.5 Å². The molecule has 0 unspecified atom stereocenters. The molecular weight excluding hydrogens is 454 g/mol. The van der Waals surface area contributed by atoms with Crippen LogP contribution in [0, 0.1) is 16.7 Å². The van der Waals surface area contributed by atoms with Crippen LogP contribution in [0.4, 0.5) is 0 Å². The van der Waals surface area contributed by atoms with Crippen molar-refractivity contribution in [1.82, 2.24) is 5.32 Å². The highest BCUT2D eigenvalue weighted by Crippen LogP contribution is 2.33. The molecule has 0 radical (unpaired) electrons. The van der Waals surface area contributed by atoms with Gasteiger partial charge in [0.1, 0.15) is 12.6 Å². The second-order valence-corrected chi connectivity index (χ2v) is 10.6. The zero-order chi connectivity index (χ0) is 27.0. The van der Waals surface area contributed by atoms with Gasteiger partial charge in [-0.1, -0.05) is 19.9 Å². The molecule has 1 aromatic rings. The van der Waals surface area contributed by atoms with Gasteiger partial charge in [0.05, 0.1) is 23.9 Å². The van der Waals surface area contributed by atoms with Crippen LogP contribution in [0.25, 0.3) is 0 Å². The summed E-state index contributed by atoms with van der Waals surface area (Å²) in [6.45, 7) is 14.1. The minimum absolute atomic E-state index is 0.0782. The maximum Gasteiger partial charge on any atom is 0.323 e. The normalized spacial score (nSPS) is 12.6. The molecule has 1 atom stereocenters. The van der Waals surface area contributed by atoms with Crippen LogP contribution in [0.5, 0.6) is 11.5 Å². The smallest absolute Gasteiger partial charge is 0.323 e. The third kappa shape index (κ3) is 10.1. The number of rotatable bonds is 10. The van der Waals surface area contributed by atoms with Gasteiger partial charge in [-0.25, -0.2) is 0 Å². The molecule has 0 amide bonds. The highest BCUT2D eigenvalue weighted by molar-refractivity contribution is 5.81. The third-order valence-corrected chi connectivity index (χ3v) is 4.77. The Balaban J connectivity index is 3.12. The molecule has 0 saturated heterocycles. The SMILES string of the molecule is COC(=O)[C@H](Cc1ccc(OC(=O)C(C)(C)C)c(OC(=O)C(C)(C)C)c1)NCCOC(=O)C(C)C. The van der Waals surface area contributed by atoms with Crippen molar-refractivity contribution in [2.45, 2.75) is 67.9 Å². The number of hydrogen-bond donors (Lipinski definition) is 1. The molecule has 0 heterocycles. The van der Waals surface area contributed by atoms with E-state index in [1.807, 2.05) is 0 Å². The van der Waals surface area contributed by atoms with E-state index in [9.17, 15) is 19.2 Å². The van der Waals surface area contributed by atoms with Crippen LogP contribution in [-0.2, 0) is 35.1 Å². The van der Waals surface area contributed by atoms with Gasteiger partial charge < -0.3 is 24.3 Å². The topological polar surface area (TPSA) is 117 Å². The molecule has 0 aliphatic carbocycles. The van der Waals surface area contributed by atoms with E-state index in [0.29, 0.717) is 5.56 Å². The summed E-state index contributed by atoms with van der Waals surface area (Å²) in [5.41, 5.74) is -0.910. The van der Waals surface area contributed by atoms with Crippen LogP contribution < -0.4 is 14.8 Å². The number of esters is 4. The fraction of sp³-hybridized carbons (Fsp3) is 0.615. The fourth-order valence-electron chi connectivity index (χ4n) is 2.52. The lowest BCUT2D eigenvalue weighted by atomic mass is 9.97. The van der Waals surface area contributed by atoms with E-state index in [1.165, 1.54) is 13.2 Å². The van der Waals surface area contributed by atoms with Crippen LogP contribution >= 0.6 is 0 Å². The van der Waals surface area contributed by atoms with Crippen molar-refractivity contribution in [3.63, 3.8) is 0 Å². The maximum absolute atomic E-state index is 12.5. The predicted octanol–water partition coefficient (Wildman–Crippen LogP) is 3.46. The average molecular weight is 494 g/mol. The first-order valence-electron chi connectivity index (χ1n) is 11.6. The van der Waals surface area contributed by atoms with E-state index in [4.69, 9.17) is 18.9 Å². The van der Waals surface area contributed by atoms with Gasteiger partial charge in [0.2, 0.25) is 0 Å². The summed E-state index contributed by atoms with van der Waals surface area (Å²) in [4.78, 5) is 48.9. The zero-order valence-corrected chi connectivity index (χ0v) is 22.3. The summed E-state index contributed by atoms with van der Waals surface area (Å²) >= 11 is 0. The minimum atomic E-state index is -0.787. The molecule has 9 heteroatoms. The Bertz CT molecular complexity index is 909. The summed E-state index contributed by atoms with van der Waals surface area (Å²) in [7, 11) is 1.28. The first-order valence-corrected chi connectivity index (χ1v) is 11.6. The Morgan fingerprint density at radius 1 is 0.857 bits per heavy atom. The van der Waals surface area contributed by atoms with Gasteiger partial charge in [-0.2, -0.15) is 0 Å². The van der Waals surface area contributed by atoms with Crippen molar-refractivity contribution in [1.29, 1.82) is 0 Å². The largest absolute Gasteiger partial charge is 0.468 e. The van der Waals surface area contributed by atoms with E-state index in [1.54, 1.807) is 67.5 Å². The Morgan fingerprint density at radius 3 is 1.89 bits per heavy atom. The molecule has 0 saturated carbocycles. The molecule has 1 N–H and O–H groups in total. The highest BCUT2D eigenvalue weighted by Gasteiger charge is 2.29. The lowest BCUT2D eigenvalue weighted by Gasteiger charge is -2.21. The summed E-state index contributed by atoms with van der Waals surface area (Å²) in [5, 5.41) is 3.02. The van der Waals surface area contributed by atoms with Gasteiger partial charge in [-0.15, -0.1) is 0 Å². The second kappa shape index (κ2) is 12.7. The van der Waals surface area contributed by atoms with Crippen LogP contribution in [-0.4, -0.2) is 50.2 Å². The van der Waals surface area contributed by atoms with Gasteiger partial charge in [0, 0.05) is 6.54 Å². The molecule has 0 bridgehead atoms. The quantitative estimate of drug-likeness (QED) is 0.297. The molecule has 9 nitrogen and oxygen atoms in total. The van der Waals surface area contributed by atoms with E-state index >= 15 is 0 Å². The highest BCUT2D eigenvalue weighted by atomic mass is 16.6. The van der Waals surface area contributed by atoms with E-state index in [-0.39, 0.29) is 43.0 Å². The molecule has 1 rings (SSSR count). The van der Waals surface area contributed by atoms with Gasteiger partial charge in [-0.05, 0) is 65.7 Å².